The smallest absolute Gasteiger partial charge is 0.228 e. The van der Waals surface area contributed by atoms with Crippen LogP contribution in [-0.4, -0.2) is 26.1 Å². The molecule has 0 unspecified atom stereocenters. The first-order valence-corrected chi connectivity index (χ1v) is 8.95. The molecule has 2 aromatic heterocycles. The summed E-state index contributed by atoms with van der Waals surface area (Å²) in [5.74, 6) is 0.684. The maximum Gasteiger partial charge on any atom is 0.228 e. The van der Waals surface area contributed by atoms with Crippen LogP contribution in [0.4, 0.5) is 34.6 Å². The van der Waals surface area contributed by atoms with E-state index in [1.807, 2.05) is 42.5 Å². The molecule has 10 N–H and O–H groups in total. The van der Waals surface area contributed by atoms with E-state index < -0.39 is 5.66 Å². The van der Waals surface area contributed by atoms with Gasteiger partial charge in [-0.15, -0.1) is 20.5 Å². The first kappa shape index (κ1) is 18.9. The van der Waals surface area contributed by atoms with Crippen LogP contribution in [0.25, 0.3) is 0 Å². The maximum absolute atomic E-state index is 5.80. The minimum atomic E-state index is -1.25. The number of benzene rings is 1. The van der Waals surface area contributed by atoms with Crippen molar-refractivity contribution in [3.8, 4) is 0 Å². The van der Waals surface area contributed by atoms with E-state index in [0.717, 1.165) is 5.56 Å². The highest BCUT2D eigenvalue weighted by molar-refractivity contribution is 5.70. The van der Waals surface area contributed by atoms with Crippen molar-refractivity contribution in [1.29, 1.82) is 0 Å². The normalized spacial score (nSPS) is 16.1. The highest BCUT2D eigenvalue weighted by Crippen LogP contribution is 2.35. The maximum atomic E-state index is 5.80. The Morgan fingerprint density at radius 2 is 1.27 bits per heavy atom. The Morgan fingerprint density at radius 1 is 0.767 bits per heavy atom. The molecule has 3 aromatic rings. The molecule has 0 radical (unpaired) electrons. The quantitative estimate of drug-likeness (QED) is 0.277. The lowest BCUT2D eigenvalue weighted by molar-refractivity contribution is 0.611. The zero-order valence-corrected chi connectivity index (χ0v) is 15.8. The second-order valence-corrected chi connectivity index (χ2v) is 6.58. The number of aromatic amines is 2. The fourth-order valence-corrected chi connectivity index (χ4v) is 2.86. The third-order valence-corrected chi connectivity index (χ3v) is 4.49. The second-order valence-electron chi connectivity index (χ2n) is 6.58. The lowest BCUT2D eigenvalue weighted by Gasteiger charge is -2.21. The van der Waals surface area contributed by atoms with Crippen LogP contribution in [-0.2, 0) is 0 Å². The van der Waals surface area contributed by atoms with Gasteiger partial charge in [0.05, 0.1) is 0 Å². The number of aromatic nitrogens is 4. The third-order valence-electron chi connectivity index (χ3n) is 4.49. The molecule has 152 valence electrons. The van der Waals surface area contributed by atoms with E-state index in [0.29, 0.717) is 0 Å². The Labute approximate surface area is 170 Å². The molecule has 0 amide bonds. The van der Waals surface area contributed by atoms with E-state index >= 15 is 0 Å². The monoisotopic (exact) mass is 404 g/mol. The number of azo groups is 2. The van der Waals surface area contributed by atoms with Gasteiger partial charge in [-0.25, -0.2) is 0 Å². The number of allylic oxidation sites excluding steroid dienone is 2. The first-order chi connectivity index (χ1) is 14.5. The standard InChI is InChI=1S/C18H20N12/c19-14-12(15(20)26-25-14)23-29-18(30-24-13-16(21)27-28-17(13)22)8-6-11(7-9-18)10-4-2-1-3-5-10/h1-9,11H,(H5,19,20,25,26)(H5,21,22,27,28)/b29-23+,30-24+. The number of hydrogen-bond donors (Lipinski definition) is 6. The van der Waals surface area contributed by atoms with Crippen LogP contribution in [0.2, 0.25) is 0 Å². The third kappa shape index (κ3) is 3.61. The second kappa shape index (κ2) is 7.50. The molecule has 4 rings (SSSR count). The van der Waals surface area contributed by atoms with Gasteiger partial charge in [0, 0.05) is 5.92 Å². The van der Waals surface area contributed by atoms with Crippen molar-refractivity contribution in [2.24, 2.45) is 20.5 Å². The van der Waals surface area contributed by atoms with Gasteiger partial charge in [0.15, 0.2) is 23.0 Å². The molecule has 0 saturated carbocycles. The van der Waals surface area contributed by atoms with Gasteiger partial charge in [-0.05, 0) is 17.7 Å². The van der Waals surface area contributed by atoms with Crippen LogP contribution < -0.4 is 22.9 Å². The predicted octanol–water partition coefficient (Wildman–Crippen LogP) is 2.94. The molecular weight excluding hydrogens is 384 g/mol. The van der Waals surface area contributed by atoms with Crippen molar-refractivity contribution >= 4 is 34.6 Å². The Hall–Kier alpha value is -4.48. The van der Waals surface area contributed by atoms with E-state index in [9.17, 15) is 0 Å². The van der Waals surface area contributed by atoms with E-state index in [1.165, 1.54) is 0 Å². The van der Waals surface area contributed by atoms with Crippen LogP contribution in [0.1, 0.15) is 11.5 Å². The summed E-state index contributed by atoms with van der Waals surface area (Å²) in [6.45, 7) is 0. The number of nitrogens with two attached hydrogens (primary N) is 4. The predicted molar refractivity (Wildman–Crippen MR) is 114 cm³/mol. The molecule has 0 spiro atoms. The largest absolute Gasteiger partial charge is 0.382 e. The molecule has 30 heavy (non-hydrogen) atoms. The number of H-pyrrole nitrogens is 2. The van der Waals surface area contributed by atoms with Crippen molar-refractivity contribution in [2.45, 2.75) is 11.6 Å². The van der Waals surface area contributed by atoms with Gasteiger partial charge in [0.25, 0.3) is 0 Å². The zero-order valence-electron chi connectivity index (χ0n) is 15.8. The van der Waals surface area contributed by atoms with Crippen LogP contribution in [0.15, 0.2) is 75.1 Å². The summed E-state index contributed by atoms with van der Waals surface area (Å²) in [6, 6.07) is 10.00. The Kier molecular flexibility index (Phi) is 4.72. The molecule has 2 heterocycles. The van der Waals surface area contributed by atoms with E-state index in [4.69, 9.17) is 22.9 Å². The van der Waals surface area contributed by atoms with Gasteiger partial charge < -0.3 is 22.9 Å². The van der Waals surface area contributed by atoms with E-state index in [-0.39, 0.29) is 40.6 Å². The topological polar surface area (TPSA) is 211 Å². The fraction of sp³-hybridized carbons (Fsp3) is 0.111. The molecule has 0 bridgehead atoms. The number of hydrogen-bond acceptors (Lipinski definition) is 10. The molecule has 0 atom stereocenters. The first-order valence-electron chi connectivity index (χ1n) is 8.95. The van der Waals surface area contributed by atoms with Crippen molar-refractivity contribution in [2.75, 3.05) is 22.9 Å². The highest BCUT2D eigenvalue weighted by Gasteiger charge is 2.28. The zero-order chi connectivity index (χ0) is 21.1. The number of nitrogens with one attached hydrogen (secondary N) is 2. The van der Waals surface area contributed by atoms with E-state index in [2.05, 4.69) is 40.9 Å². The van der Waals surface area contributed by atoms with Crippen molar-refractivity contribution < 1.29 is 0 Å². The summed E-state index contributed by atoms with van der Waals surface area (Å²) in [5, 5.41) is 29.6. The Bertz CT molecular complexity index is 1040. The fourth-order valence-electron chi connectivity index (χ4n) is 2.86. The highest BCUT2D eigenvalue weighted by atomic mass is 15.3. The van der Waals surface area contributed by atoms with Crippen LogP contribution in [0.5, 0.6) is 0 Å². The van der Waals surface area contributed by atoms with Crippen LogP contribution in [0, 0.1) is 0 Å². The molecule has 1 aliphatic carbocycles. The number of anilines is 4. The lowest BCUT2D eigenvalue weighted by Crippen LogP contribution is -2.19. The average Bonchev–Trinajstić information content (AvgIpc) is 3.26. The summed E-state index contributed by atoms with van der Waals surface area (Å²) in [5.41, 5.74) is 23.5. The van der Waals surface area contributed by atoms with Gasteiger partial charge in [-0.2, -0.15) is 10.2 Å². The summed E-state index contributed by atoms with van der Waals surface area (Å²) >= 11 is 0. The molecule has 1 aromatic carbocycles. The lowest BCUT2D eigenvalue weighted by atomic mass is 9.91. The molecule has 0 fully saturated rings. The van der Waals surface area contributed by atoms with Gasteiger partial charge in [0.1, 0.15) is 11.6 Å². The number of nitrogen functional groups attached to an aromatic ring is 4. The summed E-state index contributed by atoms with van der Waals surface area (Å²) in [6.07, 6.45) is 7.46. The molecule has 0 aliphatic heterocycles. The van der Waals surface area contributed by atoms with Crippen LogP contribution in [0.3, 0.4) is 0 Å². The Morgan fingerprint density at radius 3 is 1.70 bits per heavy atom. The van der Waals surface area contributed by atoms with Crippen molar-refractivity contribution in [3.05, 3.63) is 60.2 Å². The average molecular weight is 404 g/mol. The SMILES string of the molecule is Nc1n[nH]c(N)c1/N=N/C1(/N=N/c2c(N)n[nH]c2N)C=CC(c2ccccc2)C=C1. The van der Waals surface area contributed by atoms with Gasteiger partial charge in [-0.3, -0.25) is 10.2 Å². The molecule has 12 heteroatoms. The number of nitrogens with zero attached hydrogens (tertiary/aromatic N) is 6. The minimum absolute atomic E-state index is 0.0536. The minimum Gasteiger partial charge on any atom is -0.382 e. The Balaban J connectivity index is 1.70. The molecule has 12 nitrogen and oxygen atoms in total. The van der Waals surface area contributed by atoms with Gasteiger partial charge >= 0.3 is 0 Å². The number of rotatable bonds is 5. The van der Waals surface area contributed by atoms with Crippen LogP contribution >= 0.6 is 0 Å². The van der Waals surface area contributed by atoms with Crippen molar-refractivity contribution in [1.82, 2.24) is 20.4 Å². The summed E-state index contributed by atoms with van der Waals surface area (Å²) in [7, 11) is 0. The van der Waals surface area contributed by atoms with Gasteiger partial charge in [-0.1, -0.05) is 42.5 Å². The molecule has 0 saturated heterocycles. The summed E-state index contributed by atoms with van der Waals surface area (Å²) in [4.78, 5) is 0. The molecular formula is C18H20N12. The van der Waals surface area contributed by atoms with Crippen molar-refractivity contribution in [3.63, 3.8) is 0 Å². The van der Waals surface area contributed by atoms with E-state index in [1.54, 1.807) is 12.2 Å². The summed E-state index contributed by atoms with van der Waals surface area (Å²) < 4.78 is 0. The van der Waals surface area contributed by atoms with Gasteiger partial charge in [0.2, 0.25) is 5.66 Å². The molecule has 1 aliphatic rings.